The largest absolute Gasteiger partial charge is 0.497 e. The van der Waals surface area contributed by atoms with E-state index < -0.39 is 18.8 Å². The minimum atomic E-state index is -1.23. The van der Waals surface area contributed by atoms with Crippen LogP contribution in [-0.2, 0) is 0 Å². The summed E-state index contributed by atoms with van der Waals surface area (Å²) in [6.45, 7) is 1.83. The first-order valence-electron chi connectivity index (χ1n) is 5.41. The Morgan fingerprint density at radius 2 is 1.82 bits per heavy atom. The summed E-state index contributed by atoms with van der Waals surface area (Å²) >= 11 is 0. The molecule has 17 heavy (non-hydrogen) atoms. The van der Waals surface area contributed by atoms with Crippen LogP contribution in [0.5, 0.6) is 11.5 Å². The Labute approximate surface area is 100 Å². The Morgan fingerprint density at radius 3 is 2.35 bits per heavy atom. The zero-order valence-corrected chi connectivity index (χ0v) is 9.96. The van der Waals surface area contributed by atoms with Gasteiger partial charge in [-0.05, 0) is 24.6 Å². The molecule has 0 radical (unpaired) electrons. The maximum absolute atomic E-state index is 9.78. The Kier molecular flexibility index (Phi) is 5.21. The number of benzene rings is 1. The minimum Gasteiger partial charge on any atom is -0.497 e. The minimum absolute atomic E-state index is 0.439. The van der Waals surface area contributed by atoms with E-state index in [0.717, 1.165) is 0 Å². The van der Waals surface area contributed by atoms with Gasteiger partial charge in [-0.2, -0.15) is 0 Å². The van der Waals surface area contributed by atoms with Crippen LogP contribution in [0.1, 0.15) is 18.6 Å². The summed E-state index contributed by atoms with van der Waals surface area (Å²) in [7, 11) is 1.50. The van der Waals surface area contributed by atoms with Gasteiger partial charge in [-0.15, -0.1) is 0 Å². The SMILES string of the molecule is CCOc1cc(OC)cc([C@@H](O)[C@H](O)CO)c1. The van der Waals surface area contributed by atoms with E-state index in [0.29, 0.717) is 23.7 Å². The molecular weight excluding hydrogens is 224 g/mol. The first-order chi connectivity index (χ1) is 8.12. The van der Waals surface area contributed by atoms with Crippen molar-refractivity contribution in [2.75, 3.05) is 20.3 Å². The highest BCUT2D eigenvalue weighted by Gasteiger charge is 2.19. The number of rotatable bonds is 6. The van der Waals surface area contributed by atoms with Crippen LogP contribution in [0.25, 0.3) is 0 Å². The maximum atomic E-state index is 9.78. The zero-order chi connectivity index (χ0) is 12.8. The fraction of sp³-hybridized carbons (Fsp3) is 0.500. The van der Waals surface area contributed by atoms with Crippen LogP contribution in [0.3, 0.4) is 0 Å². The van der Waals surface area contributed by atoms with Gasteiger partial charge in [-0.3, -0.25) is 0 Å². The van der Waals surface area contributed by atoms with Gasteiger partial charge in [0.15, 0.2) is 0 Å². The van der Waals surface area contributed by atoms with Crippen LogP contribution in [0.4, 0.5) is 0 Å². The lowest BCUT2D eigenvalue weighted by Gasteiger charge is -2.17. The van der Waals surface area contributed by atoms with E-state index in [9.17, 15) is 10.2 Å². The van der Waals surface area contributed by atoms with E-state index in [1.54, 1.807) is 18.2 Å². The van der Waals surface area contributed by atoms with E-state index in [4.69, 9.17) is 14.6 Å². The molecule has 0 bridgehead atoms. The maximum Gasteiger partial charge on any atom is 0.123 e. The van der Waals surface area contributed by atoms with Crippen molar-refractivity contribution in [2.24, 2.45) is 0 Å². The van der Waals surface area contributed by atoms with Gasteiger partial charge < -0.3 is 24.8 Å². The third-order valence-electron chi connectivity index (χ3n) is 2.34. The molecule has 0 fully saturated rings. The second-order valence-electron chi connectivity index (χ2n) is 3.57. The first kappa shape index (κ1) is 13.8. The highest BCUT2D eigenvalue weighted by molar-refractivity contribution is 5.39. The highest BCUT2D eigenvalue weighted by Crippen LogP contribution is 2.28. The molecule has 5 nitrogen and oxygen atoms in total. The topological polar surface area (TPSA) is 79.2 Å². The van der Waals surface area contributed by atoms with Gasteiger partial charge in [0.1, 0.15) is 23.7 Å². The van der Waals surface area contributed by atoms with Crippen molar-refractivity contribution in [3.8, 4) is 11.5 Å². The fourth-order valence-electron chi connectivity index (χ4n) is 1.45. The number of hydrogen-bond acceptors (Lipinski definition) is 5. The molecule has 3 N–H and O–H groups in total. The molecule has 2 atom stereocenters. The van der Waals surface area contributed by atoms with Crippen molar-refractivity contribution in [2.45, 2.75) is 19.1 Å². The molecule has 0 heterocycles. The molecule has 1 aromatic rings. The summed E-state index contributed by atoms with van der Waals surface area (Å²) in [4.78, 5) is 0. The predicted molar refractivity (Wildman–Crippen MR) is 62.2 cm³/mol. The van der Waals surface area contributed by atoms with Gasteiger partial charge in [-0.25, -0.2) is 0 Å². The summed E-state index contributed by atoms with van der Waals surface area (Å²) in [5.41, 5.74) is 0.439. The quantitative estimate of drug-likeness (QED) is 0.676. The summed E-state index contributed by atoms with van der Waals surface area (Å²) in [6.07, 6.45) is -2.40. The fourth-order valence-corrected chi connectivity index (χ4v) is 1.45. The number of hydrogen-bond donors (Lipinski definition) is 3. The van der Waals surface area contributed by atoms with Crippen LogP contribution in [0.15, 0.2) is 18.2 Å². The van der Waals surface area contributed by atoms with E-state index in [1.807, 2.05) is 6.92 Å². The summed E-state index contributed by atoms with van der Waals surface area (Å²) < 4.78 is 10.4. The van der Waals surface area contributed by atoms with Crippen molar-refractivity contribution < 1.29 is 24.8 Å². The van der Waals surface area contributed by atoms with Crippen molar-refractivity contribution in [1.82, 2.24) is 0 Å². The van der Waals surface area contributed by atoms with Crippen molar-refractivity contribution in [3.05, 3.63) is 23.8 Å². The molecular formula is C12H18O5. The van der Waals surface area contributed by atoms with Gasteiger partial charge in [0.2, 0.25) is 0 Å². The van der Waals surface area contributed by atoms with Crippen molar-refractivity contribution in [3.63, 3.8) is 0 Å². The molecule has 1 aromatic carbocycles. The molecule has 0 spiro atoms. The highest BCUT2D eigenvalue weighted by atomic mass is 16.5. The van der Waals surface area contributed by atoms with Gasteiger partial charge in [0.25, 0.3) is 0 Å². The zero-order valence-electron chi connectivity index (χ0n) is 9.96. The Bertz CT molecular complexity index is 353. The Hall–Kier alpha value is -1.30. The lowest BCUT2D eigenvalue weighted by Crippen LogP contribution is -2.22. The average molecular weight is 242 g/mol. The second-order valence-corrected chi connectivity index (χ2v) is 3.57. The smallest absolute Gasteiger partial charge is 0.123 e. The first-order valence-corrected chi connectivity index (χ1v) is 5.41. The van der Waals surface area contributed by atoms with Crippen molar-refractivity contribution in [1.29, 1.82) is 0 Å². The molecule has 0 saturated carbocycles. The van der Waals surface area contributed by atoms with Crippen LogP contribution in [0, 0.1) is 0 Å². The number of aliphatic hydroxyl groups is 3. The van der Waals surface area contributed by atoms with E-state index in [-0.39, 0.29) is 0 Å². The third-order valence-corrected chi connectivity index (χ3v) is 2.34. The van der Waals surface area contributed by atoms with Gasteiger partial charge in [0.05, 0.1) is 20.3 Å². The summed E-state index contributed by atoms with van der Waals surface area (Å²) in [5.74, 6) is 1.07. The number of methoxy groups -OCH3 is 1. The van der Waals surface area contributed by atoms with E-state index in [1.165, 1.54) is 7.11 Å². The van der Waals surface area contributed by atoms with Crippen LogP contribution in [-0.4, -0.2) is 41.7 Å². The third kappa shape index (κ3) is 3.59. The standard InChI is InChI=1S/C12H18O5/c1-3-17-10-5-8(4-9(6-10)16-2)12(15)11(14)7-13/h4-6,11-15H,3,7H2,1-2H3/t11-,12-/m1/s1. The number of ether oxygens (including phenoxy) is 2. The lowest BCUT2D eigenvalue weighted by molar-refractivity contribution is -0.0154. The van der Waals surface area contributed by atoms with Gasteiger partial charge >= 0.3 is 0 Å². The Morgan fingerprint density at radius 1 is 1.18 bits per heavy atom. The molecule has 0 aliphatic heterocycles. The van der Waals surface area contributed by atoms with Gasteiger partial charge in [-0.1, -0.05) is 0 Å². The molecule has 0 amide bonds. The van der Waals surface area contributed by atoms with Crippen LogP contribution < -0.4 is 9.47 Å². The van der Waals surface area contributed by atoms with E-state index >= 15 is 0 Å². The lowest BCUT2D eigenvalue weighted by atomic mass is 10.0. The molecule has 0 saturated heterocycles. The number of aliphatic hydroxyl groups excluding tert-OH is 3. The monoisotopic (exact) mass is 242 g/mol. The molecule has 96 valence electrons. The molecule has 0 aliphatic rings. The second kappa shape index (κ2) is 6.44. The molecule has 0 aromatic heterocycles. The molecule has 5 heteroatoms. The van der Waals surface area contributed by atoms with Gasteiger partial charge in [0, 0.05) is 6.07 Å². The normalized spacial score (nSPS) is 14.2. The summed E-state index contributed by atoms with van der Waals surface area (Å²) in [6, 6.07) is 4.88. The Balaban J connectivity index is 3.01. The van der Waals surface area contributed by atoms with Crippen LogP contribution in [0.2, 0.25) is 0 Å². The van der Waals surface area contributed by atoms with Crippen LogP contribution >= 0.6 is 0 Å². The molecule has 0 unspecified atom stereocenters. The predicted octanol–water partition coefficient (Wildman–Crippen LogP) is 0.480. The molecule has 0 aliphatic carbocycles. The molecule has 1 rings (SSSR count). The average Bonchev–Trinajstić information content (AvgIpc) is 2.36. The van der Waals surface area contributed by atoms with Crippen molar-refractivity contribution >= 4 is 0 Å². The summed E-state index contributed by atoms with van der Waals surface area (Å²) in [5, 5.41) is 28.0. The van der Waals surface area contributed by atoms with E-state index in [2.05, 4.69) is 0 Å².